The van der Waals surface area contributed by atoms with Crippen LogP contribution < -0.4 is 5.73 Å². The van der Waals surface area contributed by atoms with Crippen LogP contribution in [0.1, 0.15) is 19.4 Å². The van der Waals surface area contributed by atoms with Crippen LogP contribution in [0.15, 0.2) is 36.7 Å². The van der Waals surface area contributed by atoms with Gasteiger partial charge < -0.3 is 15.8 Å². The van der Waals surface area contributed by atoms with Crippen molar-refractivity contribution in [2.24, 2.45) is 0 Å². The number of nitrogens with zero attached hydrogens (tertiary/aromatic N) is 2. The molecule has 1 aromatic carbocycles. The molecule has 0 saturated heterocycles. The summed E-state index contributed by atoms with van der Waals surface area (Å²) in [5, 5.41) is 9.69. The molecule has 3 aromatic rings. The van der Waals surface area contributed by atoms with Crippen molar-refractivity contribution in [1.29, 1.82) is 0 Å². The number of aliphatic hydroxyl groups is 1. The Balaban J connectivity index is 2.07. The Morgan fingerprint density at radius 1 is 1.32 bits per heavy atom. The molecule has 110 valence electrons. The van der Waals surface area contributed by atoms with Crippen molar-refractivity contribution in [3.05, 3.63) is 42.2 Å². The lowest BCUT2D eigenvalue weighted by atomic mass is 10.0. The lowest BCUT2D eigenvalue weighted by molar-refractivity contribution is 0.143. The topological polar surface area (TPSA) is 87.8 Å². The molecule has 2 heterocycles. The molecule has 0 aliphatic rings. The zero-order valence-electron chi connectivity index (χ0n) is 12.4. The molecule has 4 N–H and O–H groups in total. The van der Waals surface area contributed by atoms with Crippen LogP contribution in [0.25, 0.3) is 22.2 Å². The molecule has 5 nitrogen and oxygen atoms in total. The first-order valence-corrected chi connectivity index (χ1v) is 6.88. The van der Waals surface area contributed by atoms with E-state index >= 15 is 0 Å². The average molecular weight is 292 g/mol. The van der Waals surface area contributed by atoms with Crippen LogP contribution >= 0.6 is 0 Å². The zero-order chi connectivity index (χ0) is 15.7. The maximum Gasteiger partial charge on any atom is 0.220 e. The van der Waals surface area contributed by atoms with E-state index in [0.717, 1.165) is 27.7 Å². The standard InChI is InChI=1S/C17H16N4O/c1-17(2,22)7-6-11-4-3-5-12(8-11)13-9-19-14-10-20-16(18)21-15(13)14/h3-5,8-10,19,22H,1-2H3,(H2,18,20,21). The second kappa shape index (κ2) is 5.17. The highest BCUT2D eigenvalue weighted by molar-refractivity contribution is 5.92. The fourth-order valence-corrected chi connectivity index (χ4v) is 2.13. The van der Waals surface area contributed by atoms with E-state index in [-0.39, 0.29) is 5.95 Å². The molecule has 5 heteroatoms. The van der Waals surface area contributed by atoms with E-state index < -0.39 is 5.60 Å². The summed E-state index contributed by atoms with van der Waals surface area (Å²) in [6.07, 6.45) is 3.54. The van der Waals surface area contributed by atoms with E-state index in [1.54, 1.807) is 20.0 Å². The maximum atomic E-state index is 9.69. The van der Waals surface area contributed by atoms with E-state index in [9.17, 15) is 5.11 Å². The number of aromatic nitrogens is 3. The summed E-state index contributed by atoms with van der Waals surface area (Å²) in [5.41, 5.74) is 9.01. The van der Waals surface area contributed by atoms with E-state index in [1.807, 2.05) is 30.5 Å². The summed E-state index contributed by atoms with van der Waals surface area (Å²) >= 11 is 0. The molecule has 0 radical (unpaired) electrons. The smallest absolute Gasteiger partial charge is 0.220 e. The van der Waals surface area contributed by atoms with E-state index in [0.29, 0.717) is 0 Å². The number of hydrogen-bond donors (Lipinski definition) is 3. The summed E-state index contributed by atoms with van der Waals surface area (Å²) in [5.74, 6) is 6.03. The third kappa shape index (κ3) is 2.92. The van der Waals surface area contributed by atoms with Crippen LogP contribution in [-0.4, -0.2) is 25.7 Å². The van der Waals surface area contributed by atoms with Crippen LogP contribution in [-0.2, 0) is 0 Å². The molecule has 0 atom stereocenters. The molecule has 0 bridgehead atoms. The molecule has 0 aliphatic heterocycles. The molecule has 3 rings (SSSR count). The molecular weight excluding hydrogens is 276 g/mol. The number of aromatic amines is 1. The van der Waals surface area contributed by atoms with Crippen molar-refractivity contribution < 1.29 is 5.11 Å². The van der Waals surface area contributed by atoms with Gasteiger partial charge in [-0.2, -0.15) is 0 Å². The average Bonchev–Trinajstić information content (AvgIpc) is 2.88. The third-order valence-corrected chi connectivity index (χ3v) is 3.12. The number of rotatable bonds is 1. The minimum absolute atomic E-state index is 0.242. The monoisotopic (exact) mass is 292 g/mol. The van der Waals surface area contributed by atoms with Crippen LogP contribution in [0.2, 0.25) is 0 Å². The number of hydrogen-bond acceptors (Lipinski definition) is 4. The van der Waals surface area contributed by atoms with Crippen LogP contribution in [0.4, 0.5) is 5.95 Å². The van der Waals surface area contributed by atoms with Gasteiger partial charge in [0.2, 0.25) is 5.95 Å². The first-order chi connectivity index (χ1) is 10.4. The molecule has 0 saturated carbocycles. The van der Waals surface area contributed by atoms with Gasteiger partial charge in [0.1, 0.15) is 11.1 Å². The Kier molecular flexibility index (Phi) is 3.32. The first-order valence-electron chi connectivity index (χ1n) is 6.88. The molecule has 2 aromatic heterocycles. The van der Waals surface area contributed by atoms with Gasteiger partial charge in [-0.05, 0) is 31.5 Å². The fraction of sp³-hybridized carbons (Fsp3) is 0.176. The van der Waals surface area contributed by atoms with Crippen LogP contribution in [0, 0.1) is 11.8 Å². The summed E-state index contributed by atoms with van der Waals surface area (Å²) < 4.78 is 0. The summed E-state index contributed by atoms with van der Waals surface area (Å²) in [7, 11) is 0. The van der Waals surface area contributed by atoms with Gasteiger partial charge in [-0.1, -0.05) is 24.0 Å². The highest BCUT2D eigenvalue weighted by Crippen LogP contribution is 2.27. The van der Waals surface area contributed by atoms with Crippen molar-refractivity contribution in [1.82, 2.24) is 15.0 Å². The molecule has 22 heavy (non-hydrogen) atoms. The van der Waals surface area contributed by atoms with E-state index in [4.69, 9.17) is 5.73 Å². The van der Waals surface area contributed by atoms with Gasteiger partial charge in [0.25, 0.3) is 0 Å². The quantitative estimate of drug-likeness (QED) is 0.601. The van der Waals surface area contributed by atoms with Crippen molar-refractivity contribution in [2.75, 3.05) is 5.73 Å². The van der Waals surface area contributed by atoms with Crippen molar-refractivity contribution in [3.8, 4) is 23.0 Å². The van der Waals surface area contributed by atoms with Gasteiger partial charge in [0.15, 0.2) is 0 Å². The minimum Gasteiger partial charge on any atom is -0.378 e. The Hall–Kier alpha value is -2.84. The number of H-pyrrole nitrogens is 1. The van der Waals surface area contributed by atoms with Gasteiger partial charge in [0.05, 0.1) is 11.7 Å². The summed E-state index contributed by atoms with van der Waals surface area (Å²) in [4.78, 5) is 11.4. The maximum absolute atomic E-state index is 9.69. The number of nitrogens with one attached hydrogen (secondary N) is 1. The molecular formula is C17H16N4O. The molecule has 0 amide bonds. The number of nitrogen functional groups attached to an aromatic ring is 1. The number of benzene rings is 1. The molecule has 0 fully saturated rings. The third-order valence-electron chi connectivity index (χ3n) is 3.12. The largest absolute Gasteiger partial charge is 0.378 e. The van der Waals surface area contributed by atoms with Crippen molar-refractivity contribution in [3.63, 3.8) is 0 Å². The van der Waals surface area contributed by atoms with Gasteiger partial charge >= 0.3 is 0 Å². The Labute approximate surface area is 128 Å². The highest BCUT2D eigenvalue weighted by Gasteiger charge is 2.09. The SMILES string of the molecule is CC(C)(O)C#Cc1cccc(-c2c[nH]c3cnc(N)nc23)c1. The Morgan fingerprint density at radius 2 is 2.14 bits per heavy atom. The first kappa shape index (κ1) is 14.1. The van der Waals surface area contributed by atoms with Gasteiger partial charge in [-0.15, -0.1) is 0 Å². The van der Waals surface area contributed by atoms with E-state index in [1.165, 1.54) is 0 Å². The minimum atomic E-state index is -1.02. The van der Waals surface area contributed by atoms with Crippen molar-refractivity contribution in [2.45, 2.75) is 19.4 Å². The zero-order valence-corrected chi connectivity index (χ0v) is 12.4. The Morgan fingerprint density at radius 3 is 2.91 bits per heavy atom. The van der Waals surface area contributed by atoms with Crippen molar-refractivity contribution >= 4 is 17.0 Å². The van der Waals surface area contributed by atoms with Gasteiger partial charge in [-0.3, -0.25) is 0 Å². The van der Waals surface area contributed by atoms with E-state index in [2.05, 4.69) is 26.8 Å². The number of nitrogens with two attached hydrogens (primary N) is 1. The summed E-state index contributed by atoms with van der Waals surface area (Å²) in [6.45, 7) is 3.31. The lowest BCUT2D eigenvalue weighted by Gasteiger charge is -2.06. The molecule has 0 aliphatic carbocycles. The molecule has 0 spiro atoms. The van der Waals surface area contributed by atoms with Crippen LogP contribution in [0.3, 0.4) is 0 Å². The highest BCUT2D eigenvalue weighted by atomic mass is 16.3. The second-order valence-corrected chi connectivity index (χ2v) is 5.58. The predicted octanol–water partition coefficient (Wildman–Crippen LogP) is 2.33. The normalized spacial score (nSPS) is 11.2. The van der Waals surface area contributed by atoms with Crippen LogP contribution in [0.5, 0.6) is 0 Å². The number of fused-ring (bicyclic) bond motifs is 1. The fourth-order valence-electron chi connectivity index (χ4n) is 2.13. The molecule has 0 unspecified atom stereocenters. The number of anilines is 1. The van der Waals surface area contributed by atoms with Gasteiger partial charge in [-0.25, -0.2) is 9.97 Å². The Bertz CT molecular complexity index is 894. The lowest BCUT2D eigenvalue weighted by Crippen LogP contribution is -2.14. The van der Waals surface area contributed by atoms with Gasteiger partial charge in [0, 0.05) is 17.3 Å². The summed E-state index contributed by atoms with van der Waals surface area (Å²) in [6, 6.07) is 7.77. The second-order valence-electron chi connectivity index (χ2n) is 5.58. The predicted molar refractivity (Wildman–Crippen MR) is 86.9 cm³/mol.